The summed E-state index contributed by atoms with van der Waals surface area (Å²) in [5.74, 6) is 0.309. The van der Waals surface area contributed by atoms with E-state index in [9.17, 15) is 9.59 Å². The number of rotatable bonds is 9. The minimum absolute atomic E-state index is 0.119. The molecule has 0 unspecified atom stereocenters. The van der Waals surface area contributed by atoms with E-state index in [1.807, 2.05) is 45.0 Å². The Morgan fingerprint density at radius 2 is 2.00 bits per heavy atom. The van der Waals surface area contributed by atoms with Gasteiger partial charge in [0, 0.05) is 6.54 Å². The molecular formula is C23H30N2O4. The molecule has 1 N–H and O–H groups in total. The van der Waals surface area contributed by atoms with E-state index < -0.39 is 5.54 Å². The first-order valence-corrected chi connectivity index (χ1v) is 9.74. The van der Waals surface area contributed by atoms with Gasteiger partial charge in [0.2, 0.25) is 0 Å². The van der Waals surface area contributed by atoms with E-state index in [1.165, 1.54) is 0 Å². The number of nitrogens with one attached hydrogen (secondary N) is 1. The third-order valence-corrected chi connectivity index (χ3v) is 4.60. The molecule has 1 aromatic heterocycles. The molecule has 2 rings (SSSR count). The molecule has 6 nitrogen and oxygen atoms in total. The summed E-state index contributed by atoms with van der Waals surface area (Å²) in [6, 6.07) is 11.2. The van der Waals surface area contributed by atoms with Gasteiger partial charge in [0.25, 0.3) is 0 Å². The molecule has 0 saturated heterocycles. The highest BCUT2D eigenvalue weighted by molar-refractivity contribution is 5.76. The topological polar surface area (TPSA) is 71.8 Å². The molecule has 29 heavy (non-hydrogen) atoms. The van der Waals surface area contributed by atoms with Gasteiger partial charge in [0.15, 0.2) is 0 Å². The smallest absolute Gasteiger partial charge is 0.318 e. The zero-order valence-corrected chi connectivity index (χ0v) is 17.7. The number of ether oxygens (including phenoxy) is 1. The highest BCUT2D eigenvalue weighted by Crippen LogP contribution is 2.24. The van der Waals surface area contributed by atoms with Crippen molar-refractivity contribution >= 4 is 17.6 Å². The summed E-state index contributed by atoms with van der Waals surface area (Å²) in [5, 5.41) is 3.07. The van der Waals surface area contributed by atoms with Crippen molar-refractivity contribution < 1.29 is 18.7 Å². The Hall–Kier alpha value is -3.02. The first kappa shape index (κ1) is 22.3. The van der Waals surface area contributed by atoms with Crippen LogP contribution in [0.5, 0.6) is 0 Å². The van der Waals surface area contributed by atoms with Gasteiger partial charge < -0.3 is 19.4 Å². The van der Waals surface area contributed by atoms with E-state index in [-0.39, 0.29) is 31.5 Å². The molecule has 0 radical (unpaired) electrons. The zero-order chi connectivity index (χ0) is 21.4. The summed E-state index contributed by atoms with van der Waals surface area (Å²) in [5.41, 5.74) is 2.34. The van der Waals surface area contributed by atoms with Gasteiger partial charge in [-0.15, -0.1) is 0 Å². The van der Waals surface area contributed by atoms with Crippen LogP contribution in [0.2, 0.25) is 0 Å². The summed E-state index contributed by atoms with van der Waals surface area (Å²) in [7, 11) is 0. The molecule has 2 aromatic rings. The summed E-state index contributed by atoms with van der Waals surface area (Å²) in [6.07, 6.45) is 1.68. The lowest BCUT2D eigenvalue weighted by Crippen LogP contribution is -2.48. The van der Waals surface area contributed by atoms with Gasteiger partial charge in [-0.3, -0.25) is 4.79 Å². The molecule has 0 fully saturated rings. The largest absolute Gasteiger partial charge is 0.467 e. The Bertz CT molecular complexity index is 840. The number of hydrogen-bond acceptors (Lipinski definition) is 4. The van der Waals surface area contributed by atoms with Gasteiger partial charge in [0.05, 0.1) is 31.4 Å². The summed E-state index contributed by atoms with van der Waals surface area (Å²) in [4.78, 5) is 26.4. The molecule has 6 heteroatoms. The fourth-order valence-electron chi connectivity index (χ4n) is 2.89. The molecule has 0 bridgehead atoms. The molecule has 0 spiro atoms. The van der Waals surface area contributed by atoms with E-state index in [0.717, 1.165) is 16.7 Å². The second-order valence-corrected chi connectivity index (χ2v) is 7.47. The highest BCUT2D eigenvalue weighted by atomic mass is 16.5. The number of carbonyl (C=O) groups is 2. The Kier molecular flexibility index (Phi) is 7.65. The Morgan fingerprint density at radius 3 is 2.62 bits per heavy atom. The molecular weight excluding hydrogens is 368 g/mol. The maximum Gasteiger partial charge on any atom is 0.318 e. The quantitative estimate of drug-likeness (QED) is 0.621. The van der Waals surface area contributed by atoms with Crippen LogP contribution in [0.3, 0.4) is 0 Å². The molecule has 1 heterocycles. The predicted molar refractivity (Wildman–Crippen MR) is 113 cm³/mol. The summed E-state index contributed by atoms with van der Waals surface area (Å²) >= 11 is 0. The first-order valence-electron chi connectivity index (χ1n) is 9.74. The number of nitrogens with zero attached hydrogens (tertiary/aromatic N) is 1. The number of carbonyl (C=O) groups excluding carboxylic acids is 2. The minimum atomic E-state index is -0.617. The molecule has 1 aromatic carbocycles. The van der Waals surface area contributed by atoms with Crippen molar-refractivity contribution in [1.29, 1.82) is 0 Å². The molecule has 0 aliphatic rings. The first-order chi connectivity index (χ1) is 13.7. The molecule has 0 atom stereocenters. The fourth-order valence-corrected chi connectivity index (χ4v) is 2.89. The van der Waals surface area contributed by atoms with Crippen LogP contribution in [0.15, 0.2) is 53.7 Å². The van der Waals surface area contributed by atoms with Crippen molar-refractivity contribution in [3.8, 4) is 0 Å². The zero-order valence-electron chi connectivity index (χ0n) is 17.7. The summed E-state index contributed by atoms with van der Waals surface area (Å²) < 4.78 is 10.4. The van der Waals surface area contributed by atoms with Crippen molar-refractivity contribution in [3.05, 3.63) is 66.1 Å². The minimum Gasteiger partial charge on any atom is -0.467 e. The lowest BCUT2D eigenvalue weighted by atomic mass is 9.92. The number of furan rings is 1. The molecule has 2 amide bonds. The number of esters is 1. The van der Waals surface area contributed by atoms with Gasteiger partial charge in [-0.25, -0.2) is 4.79 Å². The van der Waals surface area contributed by atoms with Crippen LogP contribution in [0.1, 0.15) is 51.0 Å². The molecule has 0 saturated carbocycles. The maximum absolute atomic E-state index is 13.1. The van der Waals surface area contributed by atoms with E-state index >= 15 is 0 Å². The highest BCUT2D eigenvalue weighted by Gasteiger charge is 2.27. The van der Waals surface area contributed by atoms with Crippen molar-refractivity contribution in [2.75, 3.05) is 13.2 Å². The van der Waals surface area contributed by atoms with E-state index in [4.69, 9.17) is 9.15 Å². The van der Waals surface area contributed by atoms with Crippen LogP contribution in [0.25, 0.3) is 5.57 Å². The average molecular weight is 399 g/mol. The third kappa shape index (κ3) is 6.52. The standard InChI is InChI=1S/C23H30N2O4/c1-6-28-21(26)12-13-25(16-20-11-8-14-29-20)22(27)24-23(4,5)19-10-7-9-18(15-19)17(2)3/h7-11,14-15H,2,6,12-13,16H2,1,3-5H3,(H,24,27). The van der Waals surface area contributed by atoms with Gasteiger partial charge >= 0.3 is 12.0 Å². The monoisotopic (exact) mass is 398 g/mol. The number of amides is 2. The van der Waals surface area contributed by atoms with E-state index in [0.29, 0.717) is 12.4 Å². The summed E-state index contributed by atoms with van der Waals surface area (Å²) in [6.45, 7) is 12.4. The third-order valence-electron chi connectivity index (χ3n) is 4.60. The lowest BCUT2D eigenvalue weighted by Gasteiger charge is -2.31. The van der Waals surface area contributed by atoms with Gasteiger partial charge in [-0.2, -0.15) is 0 Å². The number of benzene rings is 1. The Labute approximate surface area is 172 Å². The van der Waals surface area contributed by atoms with Crippen LogP contribution in [0, 0.1) is 0 Å². The van der Waals surface area contributed by atoms with Crippen LogP contribution in [0.4, 0.5) is 4.79 Å². The lowest BCUT2D eigenvalue weighted by molar-refractivity contribution is -0.143. The van der Waals surface area contributed by atoms with Crippen LogP contribution < -0.4 is 5.32 Å². The Balaban J connectivity index is 2.14. The van der Waals surface area contributed by atoms with Crippen molar-refractivity contribution in [3.63, 3.8) is 0 Å². The number of allylic oxidation sites excluding steroid dienone is 1. The van der Waals surface area contributed by atoms with Crippen LogP contribution in [-0.2, 0) is 21.6 Å². The SMILES string of the molecule is C=C(C)c1cccc(C(C)(C)NC(=O)N(CCC(=O)OCC)Cc2ccco2)c1. The van der Waals surface area contributed by atoms with Gasteiger partial charge in [-0.1, -0.05) is 30.4 Å². The van der Waals surface area contributed by atoms with Crippen LogP contribution in [-0.4, -0.2) is 30.1 Å². The second kappa shape index (κ2) is 9.96. The molecule has 0 aliphatic carbocycles. The predicted octanol–water partition coefficient (Wildman–Crippen LogP) is 4.71. The maximum atomic E-state index is 13.1. The fraction of sp³-hybridized carbons (Fsp3) is 0.391. The molecule has 0 aliphatic heterocycles. The van der Waals surface area contributed by atoms with Gasteiger partial charge in [0.1, 0.15) is 5.76 Å². The van der Waals surface area contributed by atoms with Crippen molar-refractivity contribution in [1.82, 2.24) is 10.2 Å². The number of hydrogen-bond donors (Lipinski definition) is 1. The normalized spacial score (nSPS) is 11.0. The van der Waals surface area contributed by atoms with Gasteiger partial charge in [-0.05, 0) is 57.0 Å². The van der Waals surface area contributed by atoms with E-state index in [1.54, 1.807) is 30.2 Å². The van der Waals surface area contributed by atoms with Crippen LogP contribution >= 0.6 is 0 Å². The number of urea groups is 1. The van der Waals surface area contributed by atoms with E-state index in [2.05, 4.69) is 11.9 Å². The molecule has 156 valence electrons. The van der Waals surface area contributed by atoms with Crippen molar-refractivity contribution in [2.24, 2.45) is 0 Å². The Morgan fingerprint density at radius 1 is 1.24 bits per heavy atom. The average Bonchev–Trinajstić information content (AvgIpc) is 3.18. The second-order valence-electron chi connectivity index (χ2n) is 7.47. The van der Waals surface area contributed by atoms with Crippen molar-refractivity contribution in [2.45, 2.75) is 46.2 Å².